The highest BCUT2D eigenvalue weighted by Crippen LogP contribution is 2.15. The molecule has 0 aliphatic heterocycles. The van der Waals surface area contributed by atoms with Crippen molar-refractivity contribution in [3.05, 3.63) is 83.7 Å². The van der Waals surface area contributed by atoms with E-state index < -0.39 is 6.61 Å². The molecule has 0 atom stereocenters. The number of rotatable bonds is 10. The molecule has 0 spiro atoms. The number of alkyl halides is 2. The van der Waals surface area contributed by atoms with Crippen molar-refractivity contribution in [1.29, 1.82) is 0 Å². The van der Waals surface area contributed by atoms with Crippen LogP contribution in [-0.2, 0) is 11.2 Å². The first-order valence-electron chi connectivity index (χ1n) is 10.3. The molecule has 0 saturated heterocycles. The third-order valence-corrected chi connectivity index (χ3v) is 4.46. The van der Waals surface area contributed by atoms with E-state index in [0.29, 0.717) is 5.56 Å². The van der Waals surface area contributed by atoms with Crippen LogP contribution in [0.4, 0.5) is 8.78 Å². The Labute approximate surface area is 189 Å². The topological polar surface area (TPSA) is 64.8 Å². The molecule has 0 aliphatic carbocycles. The average Bonchev–Trinajstić information content (AvgIpc) is 2.78. The van der Waals surface area contributed by atoms with E-state index in [4.69, 9.17) is 10.5 Å². The molecule has 2 N–H and O–H groups in total. The molecule has 0 radical (unpaired) electrons. The van der Waals surface area contributed by atoms with Gasteiger partial charge in [0.15, 0.2) is 0 Å². The fraction of sp³-hybridized carbons (Fsp3) is 0.320. The summed E-state index contributed by atoms with van der Waals surface area (Å²) in [7, 11) is 3.30. The van der Waals surface area contributed by atoms with Crippen LogP contribution < -0.4 is 10.5 Å². The summed E-state index contributed by atoms with van der Waals surface area (Å²) in [4.78, 5) is 13.4. The molecule has 0 fully saturated rings. The number of unbranched alkanes of at least 4 members (excludes halogenated alkanes) is 1. The summed E-state index contributed by atoms with van der Waals surface area (Å²) in [5, 5.41) is 0. The van der Waals surface area contributed by atoms with Gasteiger partial charge in [0, 0.05) is 26.3 Å². The molecule has 5 nitrogen and oxygen atoms in total. The predicted molar refractivity (Wildman–Crippen MR) is 124 cm³/mol. The molecular weight excluding hydrogens is 414 g/mol. The Kier molecular flexibility index (Phi) is 12.4. The Morgan fingerprint density at radius 3 is 2.47 bits per heavy atom. The van der Waals surface area contributed by atoms with Crippen LogP contribution in [0.25, 0.3) is 6.08 Å². The highest BCUT2D eigenvalue weighted by atomic mass is 19.3. The molecular formula is C25H32F2N2O3. The van der Waals surface area contributed by atoms with Crippen LogP contribution in [0, 0.1) is 0 Å². The number of carbonyl (C=O) groups is 1. The molecule has 2 rings (SSSR count). The lowest BCUT2D eigenvalue weighted by atomic mass is 10.1. The molecule has 174 valence electrons. The van der Waals surface area contributed by atoms with E-state index in [1.54, 1.807) is 44.5 Å². The van der Waals surface area contributed by atoms with Crippen LogP contribution in [0.5, 0.6) is 5.75 Å². The van der Waals surface area contributed by atoms with Crippen molar-refractivity contribution in [1.82, 2.24) is 4.90 Å². The summed E-state index contributed by atoms with van der Waals surface area (Å²) in [6.07, 6.45) is 6.92. The maximum atomic E-state index is 12.1. The van der Waals surface area contributed by atoms with Gasteiger partial charge in [0.2, 0.25) is 0 Å². The summed E-state index contributed by atoms with van der Waals surface area (Å²) < 4.78 is 32.5. The Morgan fingerprint density at radius 1 is 1.22 bits per heavy atom. The Hall–Kier alpha value is -3.19. The van der Waals surface area contributed by atoms with Gasteiger partial charge in [-0.05, 0) is 54.7 Å². The van der Waals surface area contributed by atoms with E-state index in [9.17, 15) is 13.6 Å². The van der Waals surface area contributed by atoms with Crippen LogP contribution in [0.2, 0.25) is 0 Å². The van der Waals surface area contributed by atoms with Gasteiger partial charge in [-0.1, -0.05) is 49.9 Å². The smallest absolute Gasteiger partial charge is 0.387 e. The zero-order valence-corrected chi connectivity index (χ0v) is 18.9. The molecule has 0 aromatic heterocycles. The number of halogens is 2. The highest BCUT2D eigenvalue weighted by molar-refractivity contribution is 5.95. The summed E-state index contributed by atoms with van der Waals surface area (Å²) in [5.74, 6) is 0.282. The molecule has 0 aliphatic rings. The number of hydrogen-bond donors (Lipinski definition) is 1. The average molecular weight is 447 g/mol. The minimum Gasteiger partial charge on any atom is -0.435 e. The van der Waals surface area contributed by atoms with Gasteiger partial charge in [-0.2, -0.15) is 8.78 Å². The number of ether oxygens (including phenoxy) is 2. The number of methoxy groups -OCH3 is 1. The number of nitrogens with zero attached hydrogens (tertiary/aromatic N) is 1. The van der Waals surface area contributed by atoms with Crippen LogP contribution in [-0.4, -0.2) is 38.2 Å². The van der Waals surface area contributed by atoms with Gasteiger partial charge >= 0.3 is 6.61 Å². The summed E-state index contributed by atoms with van der Waals surface area (Å²) in [5.41, 5.74) is 8.22. The van der Waals surface area contributed by atoms with Crippen LogP contribution in [0.1, 0.15) is 41.3 Å². The third-order valence-electron chi connectivity index (χ3n) is 4.46. The quantitative estimate of drug-likeness (QED) is 0.491. The van der Waals surface area contributed by atoms with E-state index in [1.807, 2.05) is 31.2 Å². The van der Waals surface area contributed by atoms with Crippen molar-refractivity contribution < 1.29 is 23.0 Å². The number of hydrogen-bond acceptors (Lipinski definition) is 4. The monoisotopic (exact) mass is 446 g/mol. The fourth-order valence-electron chi connectivity index (χ4n) is 2.57. The largest absolute Gasteiger partial charge is 0.435 e. The molecule has 7 heteroatoms. The Balaban J connectivity index is 0.000000363. The number of allylic oxidation sites excluding steroid dienone is 1. The number of nitrogens with two attached hydrogens (primary N) is 1. The number of benzene rings is 2. The Morgan fingerprint density at radius 2 is 1.91 bits per heavy atom. The van der Waals surface area contributed by atoms with Crippen molar-refractivity contribution in [2.45, 2.75) is 32.8 Å². The van der Waals surface area contributed by atoms with Gasteiger partial charge < -0.3 is 15.2 Å². The second kappa shape index (κ2) is 14.8. The molecule has 32 heavy (non-hydrogen) atoms. The van der Waals surface area contributed by atoms with Crippen molar-refractivity contribution in [3.63, 3.8) is 0 Å². The lowest BCUT2D eigenvalue weighted by Gasteiger charge is -2.16. The lowest BCUT2D eigenvalue weighted by Crippen LogP contribution is -2.29. The number of aryl methyl sites for hydroxylation is 1. The number of amides is 1. The Bertz CT molecular complexity index is 868. The van der Waals surface area contributed by atoms with E-state index in [0.717, 1.165) is 37.0 Å². The van der Waals surface area contributed by atoms with Gasteiger partial charge in [0.1, 0.15) is 5.75 Å². The highest BCUT2D eigenvalue weighted by Gasteiger charge is 2.12. The predicted octanol–water partition coefficient (Wildman–Crippen LogP) is 5.48. The van der Waals surface area contributed by atoms with Gasteiger partial charge in [-0.25, -0.2) is 0 Å². The zero-order chi connectivity index (χ0) is 23.9. The molecule has 2 aromatic carbocycles. The lowest BCUT2D eigenvalue weighted by molar-refractivity contribution is -0.0498. The fourth-order valence-corrected chi connectivity index (χ4v) is 2.57. The molecule has 0 saturated carbocycles. The van der Waals surface area contributed by atoms with Gasteiger partial charge in [0.05, 0.1) is 5.82 Å². The minimum absolute atomic E-state index is 0.160. The van der Waals surface area contributed by atoms with Crippen LogP contribution >= 0.6 is 0 Å². The van der Waals surface area contributed by atoms with Crippen LogP contribution in [0.3, 0.4) is 0 Å². The van der Waals surface area contributed by atoms with Crippen molar-refractivity contribution >= 4 is 12.0 Å². The van der Waals surface area contributed by atoms with E-state index in [-0.39, 0.29) is 17.5 Å². The van der Waals surface area contributed by atoms with Crippen molar-refractivity contribution in [2.24, 2.45) is 5.73 Å². The van der Waals surface area contributed by atoms with Crippen molar-refractivity contribution in [2.75, 3.05) is 20.8 Å². The zero-order valence-electron chi connectivity index (χ0n) is 18.9. The van der Waals surface area contributed by atoms with Gasteiger partial charge in [-0.15, -0.1) is 0 Å². The summed E-state index contributed by atoms with van der Waals surface area (Å²) >= 11 is 0. The first-order chi connectivity index (χ1) is 15.3. The molecule has 0 bridgehead atoms. The first-order valence-corrected chi connectivity index (χ1v) is 10.3. The maximum Gasteiger partial charge on any atom is 0.387 e. The summed E-state index contributed by atoms with van der Waals surface area (Å²) in [6.45, 7) is 3.58. The van der Waals surface area contributed by atoms with E-state index in [1.165, 1.54) is 4.90 Å². The molecule has 1 amide bonds. The second-order valence-electron chi connectivity index (χ2n) is 6.89. The maximum absolute atomic E-state index is 12.1. The van der Waals surface area contributed by atoms with E-state index >= 15 is 0 Å². The van der Waals surface area contributed by atoms with E-state index in [2.05, 4.69) is 17.4 Å². The summed E-state index contributed by atoms with van der Waals surface area (Å²) in [6, 6.07) is 14.1. The first kappa shape index (κ1) is 26.8. The molecule has 0 unspecified atom stereocenters. The number of carbonyl (C=O) groups excluding carboxylic acids is 1. The molecule has 0 heterocycles. The van der Waals surface area contributed by atoms with Gasteiger partial charge in [0.25, 0.3) is 5.91 Å². The standard InChI is InChI=1S/C16H22N2O2.C9H10F2O/c1-13(17)18(2)16(19)15-10-7-9-14(12-15)8-5-4-6-11-20-3;1-2-7-3-5-8(6-4-7)12-9(10)11/h5,7-10,12H,1,4,6,11,17H2,2-3H3;3-6,9H,2H2,1H3/b8-5+;. The molecule has 2 aromatic rings. The SMILES string of the molecule is C=C(N)N(C)C(=O)c1cccc(/C=C/CCCOC)c1.CCc1ccc(OC(F)F)cc1. The third kappa shape index (κ3) is 10.2. The van der Waals surface area contributed by atoms with Crippen LogP contribution in [0.15, 0.2) is 67.0 Å². The van der Waals surface area contributed by atoms with Gasteiger partial charge in [-0.3, -0.25) is 9.69 Å². The minimum atomic E-state index is -2.74. The normalized spacial score (nSPS) is 10.6. The second-order valence-corrected chi connectivity index (χ2v) is 6.89. The van der Waals surface area contributed by atoms with Crippen molar-refractivity contribution in [3.8, 4) is 5.75 Å².